The van der Waals surface area contributed by atoms with Crippen molar-refractivity contribution in [1.29, 1.82) is 0 Å². The molecule has 0 saturated heterocycles. The molecule has 1 aromatic carbocycles. The highest BCUT2D eigenvalue weighted by atomic mass is 32.2. The largest absolute Gasteiger partial charge is 0.392 e. The molecule has 0 aliphatic heterocycles. The highest BCUT2D eigenvalue weighted by Gasteiger charge is 2.11. The monoisotopic (exact) mass is 309 g/mol. The molecule has 0 amide bonds. The van der Waals surface area contributed by atoms with Gasteiger partial charge in [-0.1, -0.05) is 24.3 Å². The van der Waals surface area contributed by atoms with Crippen LogP contribution in [0.1, 0.15) is 17.0 Å². The molecular weight excluding hydrogens is 290 g/mol. The van der Waals surface area contributed by atoms with Crippen molar-refractivity contribution >= 4 is 10.0 Å². The van der Waals surface area contributed by atoms with E-state index in [9.17, 15) is 8.42 Å². The average molecular weight is 309 g/mol. The van der Waals surface area contributed by atoms with Crippen molar-refractivity contribution in [3.05, 3.63) is 53.6 Å². The van der Waals surface area contributed by atoms with E-state index in [1.54, 1.807) is 30.5 Å². The Balaban J connectivity index is 1.88. The summed E-state index contributed by atoms with van der Waals surface area (Å²) in [5.41, 5.74) is 1.45. The Labute approximate surface area is 124 Å². The van der Waals surface area contributed by atoms with Crippen molar-refractivity contribution in [2.24, 2.45) is 7.05 Å². The molecule has 2 aromatic rings. The summed E-state index contributed by atoms with van der Waals surface area (Å²) < 4.78 is 28.4. The normalized spacial score (nSPS) is 11.7. The van der Waals surface area contributed by atoms with Gasteiger partial charge in [0.2, 0.25) is 10.0 Å². The van der Waals surface area contributed by atoms with Gasteiger partial charge in [0.15, 0.2) is 0 Å². The Bertz CT molecular complexity index is 678. The molecule has 1 aromatic heterocycles. The molecule has 0 atom stereocenters. The first-order chi connectivity index (χ1) is 10.00. The molecule has 0 saturated carbocycles. The molecule has 0 radical (unpaired) electrons. The Kier molecular flexibility index (Phi) is 5.11. The first-order valence-corrected chi connectivity index (χ1v) is 8.27. The molecule has 21 heavy (non-hydrogen) atoms. The molecule has 0 bridgehead atoms. The van der Waals surface area contributed by atoms with E-state index in [1.807, 2.05) is 17.8 Å². The van der Waals surface area contributed by atoms with Crippen LogP contribution in [0.4, 0.5) is 0 Å². The summed E-state index contributed by atoms with van der Waals surface area (Å²) in [6.45, 7) is 0.275. The molecule has 0 fully saturated rings. The molecule has 0 aliphatic rings. The first-order valence-electron chi connectivity index (χ1n) is 6.62. The summed E-state index contributed by atoms with van der Waals surface area (Å²) in [4.78, 5) is 4.14. The lowest BCUT2D eigenvalue weighted by Gasteiger charge is -2.07. The number of hydrogen-bond acceptors (Lipinski definition) is 4. The van der Waals surface area contributed by atoms with Crippen LogP contribution >= 0.6 is 0 Å². The van der Waals surface area contributed by atoms with Gasteiger partial charge in [0.1, 0.15) is 5.82 Å². The molecule has 0 aliphatic carbocycles. The summed E-state index contributed by atoms with van der Waals surface area (Å²) in [6, 6.07) is 6.87. The number of aromatic nitrogens is 2. The zero-order valence-corrected chi connectivity index (χ0v) is 12.7. The Hall–Kier alpha value is -1.70. The minimum Gasteiger partial charge on any atom is -0.392 e. The van der Waals surface area contributed by atoms with Gasteiger partial charge in [0.05, 0.1) is 12.4 Å². The molecule has 7 heteroatoms. The lowest BCUT2D eigenvalue weighted by atomic mass is 10.2. The van der Waals surface area contributed by atoms with Crippen molar-refractivity contribution in [3.8, 4) is 0 Å². The van der Waals surface area contributed by atoms with E-state index in [2.05, 4.69) is 9.71 Å². The lowest BCUT2D eigenvalue weighted by molar-refractivity contribution is 0.282. The van der Waals surface area contributed by atoms with E-state index >= 15 is 0 Å². The fraction of sp³-hybridized carbons (Fsp3) is 0.357. The second kappa shape index (κ2) is 6.84. The van der Waals surface area contributed by atoms with Gasteiger partial charge in [-0.05, 0) is 11.1 Å². The van der Waals surface area contributed by atoms with Crippen molar-refractivity contribution in [2.75, 3.05) is 6.54 Å². The molecule has 1 heterocycles. The SMILES string of the molecule is Cn1ccnc1CCNS(=O)(=O)Cc1ccc(CO)cc1. The molecule has 2 rings (SSSR count). The van der Waals surface area contributed by atoms with Gasteiger partial charge in [-0.25, -0.2) is 18.1 Å². The molecule has 0 unspecified atom stereocenters. The fourth-order valence-electron chi connectivity index (χ4n) is 1.97. The maximum Gasteiger partial charge on any atom is 0.215 e. The third-order valence-corrected chi connectivity index (χ3v) is 4.51. The first kappa shape index (κ1) is 15.7. The quantitative estimate of drug-likeness (QED) is 0.783. The maximum absolute atomic E-state index is 12.0. The van der Waals surface area contributed by atoms with Crippen LogP contribution in [0, 0.1) is 0 Å². The third-order valence-electron chi connectivity index (χ3n) is 3.15. The van der Waals surface area contributed by atoms with Gasteiger partial charge in [-0.3, -0.25) is 0 Å². The van der Waals surface area contributed by atoms with Crippen LogP contribution in [0.3, 0.4) is 0 Å². The van der Waals surface area contributed by atoms with Gasteiger partial charge in [-0.15, -0.1) is 0 Å². The Morgan fingerprint density at radius 2 is 1.90 bits per heavy atom. The molecular formula is C14H19N3O3S. The van der Waals surface area contributed by atoms with Crippen LogP contribution in [-0.4, -0.2) is 29.6 Å². The van der Waals surface area contributed by atoms with Crippen LogP contribution < -0.4 is 4.72 Å². The van der Waals surface area contributed by atoms with E-state index in [-0.39, 0.29) is 12.4 Å². The highest BCUT2D eigenvalue weighted by molar-refractivity contribution is 7.88. The van der Waals surface area contributed by atoms with E-state index < -0.39 is 10.0 Å². The lowest BCUT2D eigenvalue weighted by Crippen LogP contribution is -2.27. The van der Waals surface area contributed by atoms with Gasteiger partial charge in [-0.2, -0.15) is 0 Å². The van der Waals surface area contributed by atoms with Gasteiger partial charge >= 0.3 is 0 Å². The van der Waals surface area contributed by atoms with Gasteiger partial charge in [0, 0.05) is 32.4 Å². The zero-order valence-electron chi connectivity index (χ0n) is 11.9. The summed E-state index contributed by atoms with van der Waals surface area (Å²) in [6.07, 6.45) is 4.06. The summed E-state index contributed by atoms with van der Waals surface area (Å²) in [5.74, 6) is 0.768. The van der Waals surface area contributed by atoms with E-state index in [0.717, 1.165) is 11.4 Å². The molecule has 2 N–H and O–H groups in total. The maximum atomic E-state index is 12.0. The van der Waals surface area contributed by atoms with Crippen LogP contribution in [0.25, 0.3) is 0 Å². The predicted octanol–water partition coefficient (Wildman–Crippen LogP) is 0.574. The second-order valence-electron chi connectivity index (χ2n) is 4.83. The van der Waals surface area contributed by atoms with E-state index in [1.165, 1.54) is 0 Å². The van der Waals surface area contributed by atoms with Crippen molar-refractivity contribution in [2.45, 2.75) is 18.8 Å². The van der Waals surface area contributed by atoms with Gasteiger partial charge in [0.25, 0.3) is 0 Å². The smallest absolute Gasteiger partial charge is 0.215 e. The molecule has 6 nitrogen and oxygen atoms in total. The minimum atomic E-state index is -3.37. The number of rotatable bonds is 7. The standard InChI is InChI=1S/C14H19N3O3S/c1-17-9-8-15-14(17)6-7-16-21(19,20)11-13-4-2-12(10-18)3-5-13/h2-5,8-9,16,18H,6-7,10-11H2,1H3. The van der Waals surface area contributed by atoms with Crippen LogP contribution in [0.2, 0.25) is 0 Å². The number of hydrogen-bond donors (Lipinski definition) is 2. The molecule has 0 spiro atoms. The number of aliphatic hydroxyl groups is 1. The summed E-state index contributed by atoms with van der Waals surface area (Å²) >= 11 is 0. The number of aliphatic hydroxyl groups excluding tert-OH is 1. The fourth-order valence-corrected chi connectivity index (χ4v) is 3.11. The number of nitrogens with zero attached hydrogens (tertiary/aromatic N) is 2. The highest BCUT2D eigenvalue weighted by Crippen LogP contribution is 2.08. The van der Waals surface area contributed by atoms with E-state index in [4.69, 9.17) is 5.11 Å². The third kappa shape index (κ3) is 4.66. The zero-order chi connectivity index (χ0) is 15.3. The van der Waals surface area contributed by atoms with Crippen molar-refractivity contribution < 1.29 is 13.5 Å². The predicted molar refractivity (Wildman–Crippen MR) is 79.9 cm³/mol. The van der Waals surface area contributed by atoms with E-state index in [0.29, 0.717) is 18.5 Å². The topological polar surface area (TPSA) is 84.2 Å². The molecule has 114 valence electrons. The number of sulfonamides is 1. The average Bonchev–Trinajstić information content (AvgIpc) is 2.85. The Morgan fingerprint density at radius 1 is 1.24 bits per heavy atom. The van der Waals surface area contributed by atoms with Crippen molar-refractivity contribution in [1.82, 2.24) is 14.3 Å². The summed E-state index contributed by atoms with van der Waals surface area (Å²) in [5, 5.41) is 8.95. The second-order valence-corrected chi connectivity index (χ2v) is 6.64. The number of benzene rings is 1. The summed E-state index contributed by atoms with van der Waals surface area (Å²) in [7, 11) is -1.50. The number of aryl methyl sites for hydroxylation is 1. The van der Waals surface area contributed by atoms with Crippen LogP contribution in [0.5, 0.6) is 0 Å². The van der Waals surface area contributed by atoms with Crippen LogP contribution in [0.15, 0.2) is 36.7 Å². The van der Waals surface area contributed by atoms with Crippen molar-refractivity contribution in [3.63, 3.8) is 0 Å². The Morgan fingerprint density at radius 3 is 2.48 bits per heavy atom. The van der Waals surface area contributed by atoms with Gasteiger partial charge < -0.3 is 9.67 Å². The number of nitrogens with one attached hydrogen (secondary N) is 1. The minimum absolute atomic E-state index is 0.0467. The van der Waals surface area contributed by atoms with Crippen LogP contribution in [-0.2, 0) is 35.9 Å². The number of imidazole rings is 1.